The van der Waals surface area contributed by atoms with Crippen LogP contribution in [0.5, 0.6) is 11.5 Å². The van der Waals surface area contributed by atoms with Gasteiger partial charge in [0, 0.05) is 6.42 Å². The van der Waals surface area contributed by atoms with Crippen LogP contribution in [-0.2, 0) is 4.79 Å². The van der Waals surface area contributed by atoms with Crippen LogP contribution in [0.2, 0.25) is 0 Å². The Bertz CT molecular complexity index is 501. The number of hydrogen-bond acceptors (Lipinski definition) is 4. The molecule has 3 N–H and O–H groups in total. The Hall–Kier alpha value is -2.04. The quantitative estimate of drug-likeness (QED) is 0.249. The molecule has 0 saturated carbocycles. The number of carbonyl (C=O) groups excluding carboxylic acids is 1. The first kappa shape index (κ1) is 19.0. The number of aromatic hydroxyl groups is 2. The van der Waals surface area contributed by atoms with Gasteiger partial charge >= 0.3 is 0 Å². The second-order valence-corrected chi connectivity index (χ2v) is 5.77. The predicted molar refractivity (Wildman–Crippen MR) is 92.7 cm³/mol. The van der Waals surface area contributed by atoms with E-state index < -0.39 is 0 Å². The smallest absolute Gasteiger partial charge is 0.240 e. The van der Waals surface area contributed by atoms with Crippen molar-refractivity contribution in [2.45, 2.75) is 64.7 Å². The molecule has 0 saturated heterocycles. The van der Waals surface area contributed by atoms with Crippen LogP contribution in [0.1, 0.15) is 70.3 Å². The first-order valence-electron chi connectivity index (χ1n) is 8.47. The van der Waals surface area contributed by atoms with Crippen LogP contribution in [0.4, 0.5) is 0 Å². The maximum absolute atomic E-state index is 11.6. The summed E-state index contributed by atoms with van der Waals surface area (Å²) in [5, 5.41) is 22.4. The predicted octanol–water partition coefficient (Wildman–Crippen LogP) is 4.08. The van der Waals surface area contributed by atoms with Crippen LogP contribution in [0.3, 0.4) is 0 Å². The molecule has 23 heavy (non-hydrogen) atoms. The van der Waals surface area contributed by atoms with Crippen molar-refractivity contribution in [1.82, 2.24) is 5.43 Å². The summed E-state index contributed by atoms with van der Waals surface area (Å²) in [7, 11) is 0. The molecule has 1 rings (SSSR count). The van der Waals surface area contributed by atoms with E-state index in [1.54, 1.807) is 6.07 Å². The number of amides is 1. The molecule has 0 unspecified atom stereocenters. The first-order chi connectivity index (χ1) is 11.1. The standard InChI is InChI=1S/C18H28N2O3/c1-2-3-4-5-6-7-8-9-10-18(23)20-19-14-15-11-12-16(21)17(22)13-15/h11-14,21-22H,2-10H2,1H3,(H,20,23)/b19-14+. The topological polar surface area (TPSA) is 81.9 Å². The highest BCUT2D eigenvalue weighted by molar-refractivity contribution is 5.83. The number of benzene rings is 1. The van der Waals surface area contributed by atoms with Gasteiger partial charge in [0.25, 0.3) is 0 Å². The van der Waals surface area contributed by atoms with Gasteiger partial charge in [0.05, 0.1) is 6.21 Å². The van der Waals surface area contributed by atoms with Gasteiger partial charge in [-0.15, -0.1) is 0 Å². The number of unbranched alkanes of at least 4 members (excludes halogenated alkanes) is 7. The maximum atomic E-state index is 11.6. The highest BCUT2D eigenvalue weighted by atomic mass is 16.3. The Balaban J connectivity index is 2.10. The summed E-state index contributed by atoms with van der Waals surface area (Å²) in [5.41, 5.74) is 3.07. The summed E-state index contributed by atoms with van der Waals surface area (Å²) in [6.45, 7) is 2.21. The Morgan fingerprint density at radius 1 is 1.04 bits per heavy atom. The summed E-state index contributed by atoms with van der Waals surface area (Å²) in [6, 6.07) is 4.35. The van der Waals surface area contributed by atoms with E-state index >= 15 is 0 Å². The van der Waals surface area contributed by atoms with Crippen LogP contribution in [-0.4, -0.2) is 22.3 Å². The van der Waals surface area contributed by atoms with E-state index in [0.717, 1.165) is 12.8 Å². The largest absolute Gasteiger partial charge is 0.504 e. The fourth-order valence-electron chi connectivity index (χ4n) is 2.27. The molecule has 0 atom stereocenters. The third-order valence-electron chi connectivity index (χ3n) is 3.66. The molecule has 0 fully saturated rings. The molecule has 1 aromatic rings. The van der Waals surface area contributed by atoms with E-state index in [2.05, 4.69) is 17.5 Å². The average Bonchev–Trinajstić information content (AvgIpc) is 2.53. The lowest BCUT2D eigenvalue weighted by Gasteiger charge is -2.02. The zero-order valence-corrected chi connectivity index (χ0v) is 13.9. The van der Waals surface area contributed by atoms with Gasteiger partial charge in [0.15, 0.2) is 11.5 Å². The highest BCUT2D eigenvalue weighted by Gasteiger charge is 2.00. The monoisotopic (exact) mass is 320 g/mol. The third kappa shape index (κ3) is 8.86. The van der Waals surface area contributed by atoms with Crippen molar-refractivity contribution in [3.05, 3.63) is 23.8 Å². The van der Waals surface area contributed by atoms with Gasteiger partial charge in [-0.25, -0.2) is 5.43 Å². The minimum atomic E-state index is -0.209. The van der Waals surface area contributed by atoms with Crippen molar-refractivity contribution in [3.8, 4) is 11.5 Å². The van der Waals surface area contributed by atoms with E-state index in [9.17, 15) is 15.0 Å². The molecule has 0 heterocycles. The summed E-state index contributed by atoms with van der Waals surface area (Å²) >= 11 is 0. The van der Waals surface area contributed by atoms with E-state index in [-0.39, 0.29) is 17.4 Å². The molecule has 5 nitrogen and oxygen atoms in total. The zero-order valence-electron chi connectivity index (χ0n) is 13.9. The summed E-state index contributed by atoms with van der Waals surface area (Å²) in [5.74, 6) is -0.490. The Kier molecular flexibility index (Phi) is 9.52. The van der Waals surface area contributed by atoms with Gasteiger partial charge in [-0.1, -0.05) is 51.9 Å². The van der Waals surface area contributed by atoms with Crippen LogP contribution in [0.15, 0.2) is 23.3 Å². The molecule has 128 valence electrons. The summed E-state index contributed by atoms with van der Waals surface area (Å²) < 4.78 is 0. The maximum Gasteiger partial charge on any atom is 0.240 e. The number of nitrogens with zero attached hydrogens (tertiary/aromatic N) is 1. The Morgan fingerprint density at radius 2 is 1.70 bits per heavy atom. The molecule has 0 bridgehead atoms. The van der Waals surface area contributed by atoms with Gasteiger partial charge in [-0.3, -0.25) is 4.79 Å². The molecule has 5 heteroatoms. The lowest BCUT2D eigenvalue weighted by atomic mass is 10.1. The van der Waals surface area contributed by atoms with Crippen molar-refractivity contribution >= 4 is 12.1 Å². The molecule has 0 aliphatic heterocycles. The normalized spacial score (nSPS) is 11.0. The Morgan fingerprint density at radius 3 is 2.35 bits per heavy atom. The second kappa shape index (κ2) is 11.5. The van der Waals surface area contributed by atoms with E-state index in [1.165, 1.54) is 56.9 Å². The Labute approximate surface area is 138 Å². The van der Waals surface area contributed by atoms with Gasteiger partial charge < -0.3 is 10.2 Å². The molecule has 0 aromatic heterocycles. The fraction of sp³-hybridized carbons (Fsp3) is 0.556. The average molecular weight is 320 g/mol. The number of nitrogens with one attached hydrogen (secondary N) is 1. The first-order valence-corrected chi connectivity index (χ1v) is 8.47. The minimum absolute atomic E-state index is 0.102. The lowest BCUT2D eigenvalue weighted by Crippen LogP contribution is -2.16. The van der Waals surface area contributed by atoms with Crippen molar-refractivity contribution < 1.29 is 15.0 Å². The lowest BCUT2D eigenvalue weighted by molar-refractivity contribution is -0.121. The fourth-order valence-corrected chi connectivity index (χ4v) is 2.27. The third-order valence-corrected chi connectivity index (χ3v) is 3.66. The number of hydrogen-bond donors (Lipinski definition) is 3. The van der Waals surface area contributed by atoms with Crippen LogP contribution in [0, 0.1) is 0 Å². The zero-order chi connectivity index (χ0) is 16.9. The van der Waals surface area contributed by atoms with E-state index in [0.29, 0.717) is 12.0 Å². The van der Waals surface area contributed by atoms with Gasteiger partial charge in [0.2, 0.25) is 5.91 Å². The van der Waals surface area contributed by atoms with Crippen LogP contribution < -0.4 is 5.43 Å². The van der Waals surface area contributed by atoms with Crippen molar-refractivity contribution in [2.24, 2.45) is 5.10 Å². The van der Waals surface area contributed by atoms with Crippen molar-refractivity contribution in [3.63, 3.8) is 0 Å². The van der Waals surface area contributed by atoms with E-state index in [1.807, 2.05) is 0 Å². The van der Waals surface area contributed by atoms with E-state index in [4.69, 9.17) is 0 Å². The van der Waals surface area contributed by atoms with Crippen molar-refractivity contribution in [2.75, 3.05) is 0 Å². The van der Waals surface area contributed by atoms with Gasteiger partial charge in [-0.2, -0.15) is 5.10 Å². The molecule has 1 aromatic carbocycles. The SMILES string of the molecule is CCCCCCCCCCC(=O)N/N=C/c1ccc(O)c(O)c1. The van der Waals surface area contributed by atoms with Crippen molar-refractivity contribution in [1.29, 1.82) is 0 Å². The number of phenols is 2. The number of phenolic OH excluding ortho intramolecular Hbond substituents is 2. The highest BCUT2D eigenvalue weighted by Crippen LogP contribution is 2.23. The molecule has 0 aliphatic rings. The summed E-state index contributed by atoms with van der Waals surface area (Å²) in [6.07, 6.45) is 11.5. The van der Waals surface area contributed by atoms with Gasteiger partial charge in [0.1, 0.15) is 0 Å². The van der Waals surface area contributed by atoms with Gasteiger partial charge in [-0.05, 0) is 30.2 Å². The molecular formula is C18H28N2O3. The molecule has 0 spiro atoms. The number of hydrazone groups is 1. The molecule has 0 aliphatic carbocycles. The van der Waals surface area contributed by atoms with Crippen LogP contribution in [0.25, 0.3) is 0 Å². The molecular weight excluding hydrogens is 292 g/mol. The number of rotatable bonds is 11. The minimum Gasteiger partial charge on any atom is -0.504 e. The molecule has 0 radical (unpaired) electrons. The number of carbonyl (C=O) groups is 1. The molecule has 1 amide bonds. The van der Waals surface area contributed by atoms with Crippen LogP contribution >= 0.6 is 0 Å². The summed E-state index contributed by atoms with van der Waals surface area (Å²) in [4.78, 5) is 11.6. The second-order valence-electron chi connectivity index (χ2n) is 5.77.